The molecule has 2 amide bonds. The largest absolute Gasteiger partial charge is 0.494 e. The van der Waals surface area contributed by atoms with Crippen LogP contribution in [0.4, 0.5) is 11.4 Å². The average molecular weight is 354 g/mol. The van der Waals surface area contributed by atoms with Gasteiger partial charge in [0.1, 0.15) is 5.75 Å². The maximum Gasteiger partial charge on any atom is 0.255 e. The number of amides is 2. The Balaban J connectivity index is 2.13. The van der Waals surface area contributed by atoms with E-state index < -0.39 is 0 Å². The predicted octanol–water partition coefficient (Wildman–Crippen LogP) is 4.67. The second-order valence-electron chi connectivity index (χ2n) is 6.79. The molecule has 0 saturated carbocycles. The van der Waals surface area contributed by atoms with Crippen molar-refractivity contribution in [3.8, 4) is 5.75 Å². The van der Waals surface area contributed by atoms with Crippen molar-refractivity contribution in [3.05, 3.63) is 53.6 Å². The standard InChI is InChI=1S/C21H26N2O3/c1-13(2)15-6-8-16(9-7-15)21(25)22-17-10-11-18(19(12-17)26-5)23-20(24)14(3)4/h6-14H,1-5H3,(H,22,25)(H,23,24). The van der Waals surface area contributed by atoms with E-state index in [2.05, 4.69) is 24.5 Å². The average Bonchev–Trinajstić information content (AvgIpc) is 2.62. The van der Waals surface area contributed by atoms with Crippen LogP contribution >= 0.6 is 0 Å². The Labute approximate surface area is 154 Å². The van der Waals surface area contributed by atoms with Gasteiger partial charge in [0.2, 0.25) is 5.91 Å². The minimum Gasteiger partial charge on any atom is -0.494 e. The summed E-state index contributed by atoms with van der Waals surface area (Å²) in [7, 11) is 1.52. The smallest absolute Gasteiger partial charge is 0.255 e. The van der Waals surface area contributed by atoms with Gasteiger partial charge < -0.3 is 15.4 Å². The summed E-state index contributed by atoms with van der Waals surface area (Å²) in [5.41, 5.74) is 2.95. The van der Waals surface area contributed by atoms with Crippen molar-refractivity contribution in [2.75, 3.05) is 17.7 Å². The second kappa shape index (κ2) is 8.52. The van der Waals surface area contributed by atoms with Gasteiger partial charge in [-0.05, 0) is 35.7 Å². The molecule has 0 aromatic heterocycles. The van der Waals surface area contributed by atoms with Crippen LogP contribution in [0.1, 0.15) is 49.5 Å². The minimum atomic E-state index is -0.193. The zero-order valence-electron chi connectivity index (χ0n) is 15.9. The molecular weight excluding hydrogens is 328 g/mol. The Hall–Kier alpha value is -2.82. The van der Waals surface area contributed by atoms with E-state index in [1.54, 1.807) is 18.2 Å². The number of methoxy groups -OCH3 is 1. The van der Waals surface area contributed by atoms with E-state index in [1.807, 2.05) is 38.1 Å². The highest BCUT2D eigenvalue weighted by Crippen LogP contribution is 2.28. The van der Waals surface area contributed by atoms with E-state index >= 15 is 0 Å². The summed E-state index contributed by atoms with van der Waals surface area (Å²) in [4.78, 5) is 24.3. The van der Waals surface area contributed by atoms with E-state index in [9.17, 15) is 9.59 Å². The van der Waals surface area contributed by atoms with E-state index in [1.165, 1.54) is 12.7 Å². The lowest BCUT2D eigenvalue weighted by Gasteiger charge is -2.14. The summed E-state index contributed by atoms with van der Waals surface area (Å²) in [6.45, 7) is 7.86. The Morgan fingerprint density at radius 1 is 0.923 bits per heavy atom. The number of carbonyl (C=O) groups excluding carboxylic acids is 2. The summed E-state index contributed by atoms with van der Waals surface area (Å²) in [5, 5.41) is 5.67. The van der Waals surface area contributed by atoms with Crippen LogP contribution in [-0.4, -0.2) is 18.9 Å². The third kappa shape index (κ3) is 4.85. The van der Waals surface area contributed by atoms with Crippen molar-refractivity contribution in [2.24, 2.45) is 5.92 Å². The molecule has 0 saturated heterocycles. The van der Waals surface area contributed by atoms with Crippen LogP contribution in [0.2, 0.25) is 0 Å². The number of benzene rings is 2. The van der Waals surface area contributed by atoms with E-state index in [-0.39, 0.29) is 17.7 Å². The zero-order chi connectivity index (χ0) is 19.3. The third-order valence-corrected chi connectivity index (χ3v) is 4.08. The molecule has 0 spiro atoms. The summed E-state index contributed by atoms with van der Waals surface area (Å²) < 4.78 is 5.33. The third-order valence-electron chi connectivity index (χ3n) is 4.08. The second-order valence-corrected chi connectivity index (χ2v) is 6.79. The Morgan fingerprint density at radius 2 is 1.58 bits per heavy atom. The van der Waals surface area contributed by atoms with Gasteiger partial charge in [-0.1, -0.05) is 39.8 Å². The van der Waals surface area contributed by atoms with Crippen LogP contribution < -0.4 is 15.4 Å². The van der Waals surface area contributed by atoms with Gasteiger partial charge in [0.05, 0.1) is 12.8 Å². The molecular formula is C21H26N2O3. The van der Waals surface area contributed by atoms with E-state index in [0.717, 1.165) is 0 Å². The van der Waals surface area contributed by atoms with Crippen molar-refractivity contribution < 1.29 is 14.3 Å². The fourth-order valence-electron chi connectivity index (χ4n) is 2.37. The fraction of sp³-hybridized carbons (Fsp3) is 0.333. The zero-order valence-corrected chi connectivity index (χ0v) is 15.9. The van der Waals surface area contributed by atoms with Gasteiger partial charge in [-0.25, -0.2) is 0 Å². The monoisotopic (exact) mass is 354 g/mol. The molecule has 138 valence electrons. The van der Waals surface area contributed by atoms with Gasteiger partial charge in [-0.2, -0.15) is 0 Å². The molecule has 2 rings (SSSR count). The molecule has 5 nitrogen and oxygen atoms in total. The lowest BCUT2D eigenvalue weighted by molar-refractivity contribution is -0.118. The van der Waals surface area contributed by atoms with Crippen molar-refractivity contribution in [2.45, 2.75) is 33.6 Å². The molecule has 0 fully saturated rings. The summed E-state index contributed by atoms with van der Waals surface area (Å²) in [5.74, 6) is 0.497. The van der Waals surface area contributed by atoms with Crippen molar-refractivity contribution in [1.82, 2.24) is 0 Å². The number of hydrogen-bond acceptors (Lipinski definition) is 3. The highest BCUT2D eigenvalue weighted by atomic mass is 16.5. The molecule has 0 bridgehead atoms. The molecule has 5 heteroatoms. The van der Waals surface area contributed by atoms with Gasteiger partial charge in [-0.3, -0.25) is 9.59 Å². The Bertz CT molecular complexity index is 780. The molecule has 0 aliphatic heterocycles. The Kier molecular flexibility index (Phi) is 6.39. The van der Waals surface area contributed by atoms with Crippen LogP contribution in [0.15, 0.2) is 42.5 Å². The minimum absolute atomic E-state index is 0.0923. The first-order valence-corrected chi connectivity index (χ1v) is 8.72. The molecule has 0 radical (unpaired) electrons. The molecule has 0 aliphatic rings. The summed E-state index contributed by atoms with van der Waals surface area (Å²) >= 11 is 0. The first-order chi connectivity index (χ1) is 12.3. The van der Waals surface area contributed by atoms with Crippen molar-refractivity contribution in [1.29, 1.82) is 0 Å². The van der Waals surface area contributed by atoms with Crippen LogP contribution in [0.25, 0.3) is 0 Å². The topological polar surface area (TPSA) is 67.4 Å². The van der Waals surface area contributed by atoms with E-state index in [4.69, 9.17) is 4.74 Å². The van der Waals surface area contributed by atoms with Gasteiger partial charge in [-0.15, -0.1) is 0 Å². The van der Waals surface area contributed by atoms with Crippen molar-refractivity contribution in [3.63, 3.8) is 0 Å². The SMILES string of the molecule is COc1cc(NC(=O)c2ccc(C(C)C)cc2)ccc1NC(=O)C(C)C. The predicted molar refractivity (Wildman–Crippen MR) is 105 cm³/mol. The lowest BCUT2D eigenvalue weighted by Crippen LogP contribution is -2.18. The number of nitrogens with one attached hydrogen (secondary N) is 2. The maximum atomic E-state index is 12.4. The summed E-state index contributed by atoms with van der Waals surface area (Å²) in [6.07, 6.45) is 0. The van der Waals surface area contributed by atoms with Gasteiger partial charge in [0.25, 0.3) is 5.91 Å². The quantitative estimate of drug-likeness (QED) is 0.792. The number of hydrogen-bond donors (Lipinski definition) is 2. The van der Waals surface area contributed by atoms with Crippen LogP contribution in [0.5, 0.6) is 5.75 Å². The van der Waals surface area contributed by atoms with Crippen LogP contribution in [0.3, 0.4) is 0 Å². The molecule has 0 atom stereocenters. The molecule has 2 aromatic carbocycles. The highest BCUT2D eigenvalue weighted by Gasteiger charge is 2.13. The molecule has 2 aromatic rings. The van der Waals surface area contributed by atoms with Gasteiger partial charge >= 0.3 is 0 Å². The molecule has 2 N–H and O–H groups in total. The highest BCUT2D eigenvalue weighted by molar-refractivity contribution is 6.04. The first-order valence-electron chi connectivity index (χ1n) is 8.72. The number of anilines is 2. The van der Waals surface area contributed by atoms with Gasteiger partial charge in [0.15, 0.2) is 0 Å². The maximum absolute atomic E-state index is 12.4. The molecule has 0 heterocycles. The molecule has 26 heavy (non-hydrogen) atoms. The van der Waals surface area contributed by atoms with Crippen LogP contribution in [0, 0.1) is 5.92 Å². The van der Waals surface area contributed by atoms with E-state index in [0.29, 0.717) is 28.6 Å². The number of rotatable bonds is 6. The normalized spacial score (nSPS) is 10.7. The molecule has 0 aliphatic carbocycles. The summed E-state index contributed by atoms with van der Waals surface area (Å²) in [6, 6.07) is 12.7. The number of carbonyl (C=O) groups is 2. The van der Waals surface area contributed by atoms with Crippen molar-refractivity contribution >= 4 is 23.2 Å². The molecule has 0 unspecified atom stereocenters. The van der Waals surface area contributed by atoms with Gasteiger partial charge in [0, 0.05) is 23.2 Å². The first kappa shape index (κ1) is 19.5. The van der Waals surface area contributed by atoms with Crippen LogP contribution in [-0.2, 0) is 4.79 Å². The Morgan fingerprint density at radius 3 is 2.12 bits per heavy atom. The lowest BCUT2D eigenvalue weighted by atomic mass is 10.0. The number of ether oxygens (including phenoxy) is 1. The fourth-order valence-corrected chi connectivity index (χ4v) is 2.37.